The number of hydrogen-bond acceptors (Lipinski definition) is 7. The average molecular weight is 463 g/mol. The molecule has 10 heteroatoms. The molecule has 1 heterocycles. The summed E-state index contributed by atoms with van der Waals surface area (Å²) in [6, 6.07) is 11.6. The van der Waals surface area contributed by atoms with Gasteiger partial charge in [-0.2, -0.15) is 0 Å². The van der Waals surface area contributed by atoms with Gasteiger partial charge in [0.2, 0.25) is 5.91 Å². The molecule has 0 aliphatic carbocycles. The van der Waals surface area contributed by atoms with Gasteiger partial charge in [-0.1, -0.05) is 12.1 Å². The van der Waals surface area contributed by atoms with Crippen LogP contribution >= 0.6 is 0 Å². The summed E-state index contributed by atoms with van der Waals surface area (Å²) >= 11 is 0. The summed E-state index contributed by atoms with van der Waals surface area (Å²) in [5.74, 6) is 0.888. The Morgan fingerprint density at radius 3 is 2.25 bits per heavy atom. The van der Waals surface area contributed by atoms with Crippen LogP contribution < -0.4 is 30.4 Å². The molecule has 1 saturated heterocycles. The lowest BCUT2D eigenvalue weighted by Gasteiger charge is -2.18. The zero-order valence-corrected chi connectivity index (χ0v) is 19.5. The quantitative estimate of drug-likeness (QED) is 0.453. The molecule has 2 atom stereocenters. The van der Waals surface area contributed by atoms with Crippen molar-refractivity contribution in [1.82, 2.24) is 10.9 Å². The molecule has 3 rings (SSSR count). The standard InChI is InChI=1S/C22H30N4O5S/c1-14-17(15(2)25-24-14)10-12-22(27)23-19-13-16(9-11-21(19)31-4)32(28,29)26-18-7-5-6-8-20(18)30-3/h5-9,11,13-15,17,24-26H,10,12H2,1-4H3,(H,23,27). The van der Waals surface area contributed by atoms with E-state index in [0.717, 1.165) is 0 Å². The van der Waals surface area contributed by atoms with E-state index in [-0.39, 0.29) is 22.9 Å². The molecule has 174 valence electrons. The molecule has 9 nitrogen and oxygen atoms in total. The van der Waals surface area contributed by atoms with Gasteiger partial charge in [0.1, 0.15) is 11.5 Å². The maximum absolute atomic E-state index is 12.9. The van der Waals surface area contributed by atoms with Gasteiger partial charge in [-0.25, -0.2) is 8.42 Å². The molecule has 4 N–H and O–H groups in total. The number of benzene rings is 2. The Kier molecular flexibility index (Phi) is 7.60. The molecular weight excluding hydrogens is 432 g/mol. The van der Waals surface area contributed by atoms with Gasteiger partial charge in [0.25, 0.3) is 10.0 Å². The van der Waals surface area contributed by atoms with Crippen LogP contribution in [0.5, 0.6) is 11.5 Å². The summed E-state index contributed by atoms with van der Waals surface area (Å²) in [6.07, 6.45) is 1.01. The molecule has 2 unspecified atom stereocenters. The van der Waals surface area contributed by atoms with Gasteiger partial charge in [0.05, 0.1) is 30.5 Å². The van der Waals surface area contributed by atoms with Crippen LogP contribution in [0, 0.1) is 5.92 Å². The molecule has 0 radical (unpaired) electrons. The number of nitrogens with one attached hydrogen (secondary N) is 4. The lowest BCUT2D eigenvalue weighted by Crippen LogP contribution is -2.30. The number of hydrazine groups is 1. The van der Waals surface area contributed by atoms with E-state index >= 15 is 0 Å². The normalized spacial score (nSPS) is 20.6. The van der Waals surface area contributed by atoms with Crippen molar-refractivity contribution >= 4 is 27.3 Å². The molecule has 0 saturated carbocycles. The van der Waals surface area contributed by atoms with Crippen molar-refractivity contribution in [1.29, 1.82) is 0 Å². The Morgan fingerprint density at radius 1 is 0.969 bits per heavy atom. The molecule has 1 aliphatic rings. The van der Waals surface area contributed by atoms with Crippen LogP contribution in [0.4, 0.5) is 11.4 Å². The van der Waals surface area contributed by atoms with E-state index in [0.29, 0.717) is 41.6 Å². The zero-order chi connectivity index (χ0) is 23.3. The van der Waals surface area contributed by atoms with Crippen LogP contribution in [0.25, 0.3) is 0 Å². The molecule has 32 heavy (non-hydrogen) atoms. The maximum atomic E-state index is 12.9. The minimum absolute atomic E-state index is 0.00839. The second-order valence-corrected chi connectivity index (χ2v) is 9.47. The SMILES string of the molecule is COc1ccc(S(=O)(=O)Nc2ccccc2OC)cc1NC(=O)CCC1C(C)NNC1C. The van der Waals surface area contributed by atoms with E-state index < -0.39 is 10.0 Å². The largest absolute Gasteiger partial charge is 0.495 e. The van der Waals surface area contributed by atoms with E-state index in [1.165, 1.54) is 32.4 Å². The van der Waals surface area contributed by atoms with Gasteiger partial charge in [-0.15, -0.1) is 0 Å². The number of sulfonamides is 1. The molecule has 0 spiro atoms. The second kappa shape index (κ2) is 10.2. The first-order valence-corrected chi connectivity index (χ1v) is 11.9. The number of carbonyl (C=O) groups excluding carboxylic acids is 1. The van der Waals surface area contributed by atoms with E-state index in [1.54, 1.807) is 24.3 Å². The first kappa shape index (κ1) is 23.8. The van der Waals surface area contributed by atoms with Crippen molar-refractivity contribution in [3.63, 3.8) is 0 Å². The Bertz CT molecular complexity index is 1050. The van der Waals surface area contributed by atoms with Crippen molar-refractivity contribution in [2.45, 2.75) is 43.7 Å². The average Bonchev–Trinajstić information content (AvgIpc) is 3.09. The van der Waals surface area contributed by atoms with Crippen LogP contribution in [-0.4, -0.2) is 40.6 Å². The Balaban J connectivity index is 1.75. The van der Waals surface area contributed by atoms with Crippen LogP contribution in [0.3, 0.4) is 0 Å². The number of para-hydroxylation sites is 2. The molecule has 2 aromatic carbocycles. The minimum atomic E-state index is -3.92. The van der Waals surface area contributed by atoms with Crippen LogP contribution in [0.15, 0.2) is 47.4 Å². The maximum Gasteiger partial charge on any atom is 0.262 e. The van der Waals surface area contributed by atoms with E-state index in [9.17, 15) is 13.2 Å². The third-order valence-electron chi connectivity index (χ3n) is 5.63. The Labute approximate surface area is 188 Å². The monoisotopic (exact) mass is 462 g/mol. The summed E-state index contributed by atoms with van der Waals surface area (Å²) < 4.78 is 38.9. The zero-order valence-electron chi connectivity index (χ0n) is 18.6. The van der Waals surface area contributed by atoms with Crippen LogP contribution in [0.1, 0.15) is 26.7 Å². The molecule has 1 amide bonds. The second-order valence-electron chi connectivity index (χ2n) is 7.78. The van der Waals surface area contributed by atoms with Crippen molar-refractivity contribution in [3.8, 4) is 11.5 Å². The molecule has 1 fully saturated rings. The predicted octanol–water partition coefficient (Wildman–Crippen LogP) is 2.72. The molecule has 0 aromatic heterocycles. The van der Waals surface area contributed by atoms with Crippen molar-refractivity contribution in [2.24, 2.45) is 5.92 Å². The molecular formula is C22H30N4O5S. The Hall–Kier alpha value is -2.82. The van der Waals surface area contributed by atoms with Gasteiger partial charge >= 0.3 is 0 Å². The number of hydrogen-bond donors (Lipinski definition) is 4. The lowest BCUT2D eigenvalue weighted by molar-refractivity contribution is -0.116. The topological polar surface area (TPSA) is 118 Å². The number of methoxy groups -OCH3 is 2. The highest BCUT2D eigenvalue weighted by atomic mass is 32.2. The summed E-state index contributed by atoms with van der Waals surface area (Å²) in [4.78, 5) is 12.6. The van der Waals surface area contributed by atoms with Gasteiger partial charge in [0.15, 0.2) is 0 Å². The van der Waals surface area contributed by atoms with Crippen LogP contribution in [0.2, 0.25) is 0 Å². The predicted molar refractivity (Wildman–Crippen MR) is 123 cm³/mol. The molecule has 0 bridgehead atoms. The third kappa shape index (κ3) is 5.50. The van der Waals surface area contributed by atoms with Gasteiger partial charge in [0, 0.05) is 18.5 Å². The number of carbonyl (C=O) groups is 1. The number of rotatable bonds is 9. The summed E-state index contributed by atoms with van der Waals surface area (Å²) in [5, 5.41) is 2.79. The van der Waals surface area contributed by atoms with Crippen molar-refractivity contribution < 1.29 is 22.7 Å². The van der Waals surface area contributed by atoms with Gasteiger partial charge in [-0.3, -0.25) is 20.4 Å². The lowest BCUT2D eigenvalue weighted by atomic mass is 9.91. The van der Waals surface area contributed by atoms with E-state index in [4.69, 9.17) is 9.47 Å². The fraction of sp³-hybridized carbons (Fsp3) is 0.409. The minimum Gasteiger partial charge on any atom is -0.495 e. The summed E-state index contributed by atoms with van der Waals surface area (Å²) in [7, 11) is -0.993. The van der Waals surface area contributed by atoms with Gasteiger partial charge in [-0.05, 0) is 56.5 Å². The third-order valence-corrected chi connectivity index (χ3v) is 7.00. The number of anilines is 2. The molecule has 2 aromatic rings. The fourth-order valence-corrected chi connectivity index (χ4v) is 4.90. The molecule has 1 aliphatic heterocycles. The van der Waals surface area contributed by atoms with Crippen molar-refractivity contribution in [2.75, 3.05) is 24.3 Å². The van der Waals surface area contributed by atoms with Gasteiger partial charge < -0.3 is 14.8 Å². The van der Waals surface area contributed by atoms with Crippen molar-refractivity contribution in [3.05, 3.63) is 42.5 Å². The van der Waals surface area contributed by atoms with Crippen LogP contribution in [-0.2, 0) is 14.8 Å². The first-order chi connectivity index (χ1) is 15.2. The number of amides is 1. The highest BCUT2D eigenvalue weighted by Gasteiger charge is 2.30. The Morgan fingerprint density at radius 2 is 1.59 bits per heavy atom. The highest BCUT2D eigenvalue weighted by molar-refractivity contribution is 7.92. The first-order valence-electron chi connectivity index (χ1n) is 10.4. The summed E-state index contributed by atoms with van der Waals surface area (Å²) in [6.45, 7) is 4.15. The van der Waals surface area contributed by atoms with E-state index in [1.807, 2.05) is 0 Å². The highest BCUT2D eigenvalue weighted by Crippen LogP contribution is 2.31. The smallest absolute Gasteiger partial charge is 0.262 e. The summed E-state index contributed by atoms with van der Waals surface area (Å²) in [5.41, 5.74) is 6.97. The fourth-order valence-electron chi connectivity index (χ4n) is 3.81. The van der Waals surface area contributed by atoms with E-state index in [2.05, 4.69) is 34.7 Å². The number of ether oxygens (including phenoxy) is 2.